The van der Waals surface area contributed by atoms with Gasteiger partial charge in [0.1, 0.15) is 51.6 Å². The van der Waals surface area contributed by atoms with Crippen molar-refractivity contribution in [2.75, 3.05) is 149 Å². The van der Waals surface area contributed by atoms with E-state index in [1.807, 2.05) is 81.8 Å². The third-order valence-electron chi connectivity index (χ3n) is 19.6. The van der Waals surface area contributed by atoms with Crippen molar-refractivity contribution in [1.82, 2.24) is 93.5 Å². The first-order valence-electron chi connectivity index (χ1n) is 37.4. The Bertz CT molecular complexity index is 4900. The standard InChI is InChI=1S/C37H41FN8O4.C16H21ClN6O.C11H16ClN3.C11H18N4.C6H4ClNO/c1-23(47)50-22-28-27(8-7-9-32(28)46-36(49)34-25(20-40-46)16-26(17-29(34)38)37(2,3)4)30-18-31(35(48)44(6)42-30)41-33-11-10-24(19-39-33)21-45-14-12-43(5)13-15-45;1-21-5-7-23(8-6-21)11-12-3-4-15(18-10-12)19-13-9-14(17)20-22(2)16(13)24;2*1-14-4-6-15(7-5-14)9-10-2-3-11(12)13-8-10;7-6-2-1-5(4-9)3-8-6/h7-11,16-20H,12-15,21-22H2,1-6H3,(H,39,41);3-4,9-10H,5-8,11H2,1-2H3,(H,18,19);2-3,8H,4-7,9H2,1H3;2-3,8H,4-7,9H2,1H3,(H2,12,13);1-4H. The molecule has 0 unspecified atom stereocenters. The largest absolute Gasteiger partial charge is 0.461 e. The molecule has 0 spiro atoms. The average molecular weight is 1600 g/mol. The number of aryl methyl sites for hydroxylation is 2. The van der Waals surface area contributed by atoms with E-state index in [0.29, 0.717) is 61.2 Å². The Labute approximate surface area is 672 Å². The Morgan fingerprint density at radius 2 is 0.973 bits per heavy atom. The molecular weight excluding hydrogens is 1500 g/mol. The number of fused-ring (bicyclic) bond motifs is 1. The summed E-state index contributed by atoms with van der Waals surface area (Å²) in [6, 6.07) is 30.1. The number of nitrogens with zero attached hydrogens (tertiary/aromatic N) is 19. The van der Waals surface area contributed by atoms with E-state index in [9.17, 15) is 24.0 Å². The second-order valence-electron chi connectivity index (χ2n) is 29.6. The van der Waals surface area contributed by atoms with Crippen molar-refractivity contribution in [3.05, 3.63) is 232 Å². The normalized spacial score (nSPS) is 15.6. The van der Waals surface area contributed by atoms with Crippen molar-refractivity contribution in [3.8, 4) is 16.9 Å². The maximum Gasteiger partial charge on any atom is 0.302 e. The van der Waals surface area contributed by atoms with Gasteiger partial charge in [-0.15, -0.1) is 0 Å². The molecule has 2 aromatic carbocycles. The van der Waals surface area contributed by atoms with Crippen LogP contribution in [0.4, 0.5) is 33.2 Å². The topological polar surface area (TPSA) is 288 Å². The van der Waals surface area contributed by atoms with E-state index in [1.54, 1.807) is 55.7 Å². The lowest BCUT2D eigenvalue weighted by atomic mass is 9.86. The van der Waals surface area contributed by atoms with Gasteiger partial charge in [0.15, 0.2) is 11.4 Å². The fourth-order valence-corrected chi connectivity index (χ4v) is 13.1. The molecule has 0 amide bonds. The van der Waals surface area contributed by atoms with Crippen molar-refractivity contribution in [2.45, 2.75) is 65.9 Å². The number of likely N-dealkylation sites (N-methyl/N-ethyl adjacent to an activating group) is 4. The number of benzene rings is 2. The number of aromatic nitrogens is 11. The number of pyridine rings is 5. The van der Waals surface area contributed by atoms with Crippen LogP contribution in [0.5, 0.6) is 0 Å². The molecule has 4 aliphatic heterocycles. The summed E-state index contributed by atoms with van der Waals surface area (Å²) >= 11 is 17.1. The number of piperazine rings is 4. The van der Waals surface area contributed by atoms with E-state index in [2.05, 4.69) is 124 Å². The highest BCUT2D eigenvalue weighted by Gasteiger charge is 2.24. The van der Waals surface area contributed by atoms with Crippen molar-refractivity contribution in [2.24, 2.45) is 14.1 Å². The number of nitrogens with one attached hydrogen (secondary N) is 2. The molecule has 113 heavy (non-hydrogen) atoms. The molecule has 0 atom stereocenters. The summed E-state index contributed by atoms with van der Waals surface area (Å²) in [6.45, 7) is 28.1. The minimum Gasteiger partial charge on any atom is -0.461 e. The maximum absolute atomic E-state index is 15.5. The van der Waals surface area contributed by atoms with Crippen LogP contribution in [0.1, 0.15) is 71.4 Å². The van der Waals surface area contributed by atoms with Gasteiger partial charge in [0.25, 0.3) is 16.7 Å². The number of ether oxygens (including phenoxy) is 1. The zero-order valence-electron chi connectivity index (χ0n) is 65.7. The summed E-state index contributed by atoms with van der Waals surface area (Å²) in [4.78, 5) is 101. The number of hydrogen-bond acceptors (Lipinski definition) is 25. The van der Waals surface area contributed by atoms with Crippen LogP contribution in [0.2, 0.25) is 15.5 Å². The van der Waals surface area contributed by atoms with Gasteiger partial charge < -0.3 is 40.7 Å². The van der Waals surface area contributed by atoms with E-state index in [0.717, 1.165) is 159 Å². The molecule has 8 aromatic heterocycles. The van der Waals surface area contributed by atoms with Crippen molar-refractivity contribution in [1.29, 1.82) is 0 Å². The Balaban J connectivity index is 0.000000175. The van der Waals surface area contributed by atoms with Gasteiger partial charge in [0.2, 0.25) is 0 Å². The van der Waals surface area contributed by atoms with Crippen LogP contribution in [0.15, 0.2) is 155 Å². The lowest BCUT2D eigenvalue weighted by Gasteiger charge is -2.32. The summed E-state index contributed by atoms with van der Waals surface area (Å²) in [5.74, 6) is 0.498. The summed E-state index contributed by atoms with van der Waals surface area (Å²) < 4.78 is 24.4. The first-order valence-corrected chi connectivity index (χ1v) is 38.5. The molecule has 14 rings (SSSR count). The Kier molecular flexibility index (Phi) is 30.8. The zero-order valence-corrected chi connectivity index (χ0v) is 68.0. The van der Waals surface area contributed by atoms with Gasteiger partial charge >= 0.3 is 5.97 Å². The lowest BCUT2D eigenvalue weighted by Crippen LogP contribution is -2.43. The fraction of sp³-hybridized carbons (Fsp3) is 0.395. The first kappa shape index (κ1) is 85.5. The third kappa shape index (κ3) is 25.6. The van der Waals surface area contributed by atoms with Crippen LogP contribution >= 0.6 is 34.8 Å². The number of esters is 1. The van der Waals surface area contributed by atoms with Gasteiger partial charge in [-0.1, -0.05) is 92.0 Å². The second-order valence-corrected chi connectivity index (χ2v) is 30.7. The van der Waals surface area contributed by atoms with Crippen LogP contribution in [0, 0.1) is 5.82 Å². The number of nitrogen functional groups attached to an aromatic ring is 1. The number of carbonyl (C=O) groups is 2. The van der Waals surface area contributed by atoms with Crippen LogP contribution < -0.4 is 33.0 Å². The van der Waals surface area contributed by atoms with Crippen LogP contribution in [0.25, 0.3) is 27.7 Å². The number of hydrogen-bond donors (Lipinski definition) is 3. The summed E-state index contributed by atoms with van der Waals surface area (Å²) in [6.07, 6.45) is 11.0. The highest BCUT2D eigenvalue weighted by Crippen LogP contribution is 2.31. The van der Waals surface area contributed by atoms with Gasteiger partial charge in [-0.25, -0.2) is 38.7 Å². The third-order valence-corrected chi connectivity index (χ3v) is 20.2. The van der Waals surface area contributed by atoms with Gasteiger partial charge in [-0.05, 0) is 122 Å². The molecule has 32 heteroatoms. The maximum atomic E-state index is 15.5. The second kappa shape index (κ2) is 40.7. The molecular formula is C81H100Cl3FN22O6. The number of nitrogens with two attached hydrogens (primary N) is 1. The van der Waals surface area contributed by atoms with Gasteiger partial charge in [0, 0.05) is 211 Å². The SMILES string of the molecule is CC(=O)OCc1c(-c2cc(Nc3ccc(CN4CCN(C)CC4)cn3)c(=O)n(C)n2)cccc1-n1ncc2cc(C(C)(C)C)cc(F)c2c1=O.CN1CCN(Cc2ccc(Cl)nc2)CC1.CN1CCN(Cc2ccc(N)nc2)CC1.CN1CCN(Cc2ccc(Nc3cc(Cl)nn(C)c3=O)nc2)CC1.O=Cc1ccc(Cl)nc1. The number of rotatable bonds is 17. The molecule has 0 bridgehead atoms. The zero-order chi connectivity index (χ0) is 80.9. The lowest BCUT2D eigenvalue weighted by molar-refractivity contribution is -0.142. The van der Waals surface area contributed by atoms with Crippen molar-refractivity contribution >= 4 is 86.7 Å². The molecule has 4 fully saturated rings. The Morgan fingerprint density at radius 1 is 0.522 bits per heavy atom. The van der Waals surface area contributed by atoms with Crippen LogP contribution in [0.3, 0.4) is 0 Å². The molecule has 4 N–H and O–H groups in total. The molecule has 4 saturated heterocycles. The monoisotopic (exact) mass is 1600 g/mol. The molecule has 0 saturated carbocycles. The van der Waals surface area contributed by atoms with E-state index >= 15 is 4.39 Å². The highest BCUT2D eigenvalue weighted by atomic mass is 35.5. The highest BCUT2D eigenvalue weighted by molar-refractivity contribution is 6.30. The van der Waals surface area contributed by atoms with E-state index < -0.39 is 17.3 Å². The fourth-order valence-electron chi connectivity index (χ4n) is 12.7. The first-order chi connectivity index (χ1) is 54.1. The molecule has 28 nitrogen and oxygen atoms in total. The predicted octanol–water partition coefficient (Wildman–Crippen LogP) is 9.29. The Morgan fingerprint density at radius 3 is 1.40 bits per heavy atom. The number of anilines is 5. The Hall–Kier alpha value is -9.89. The van der Waals surface area contributed by atoms with Gasteiger partial charge in [-0.2, -0.15) is 20.0 Å². The molecule has 10 aromatic rings. The minimum atomic E-state index is -0.667. The summed E-state index contributed by atoms with van der Waals surface area (Å²) in [5, 5.41) is 20.4. The molecule has 4 aliphatic rings. The minimum absolute atomic E-state index is 0.106. The molecule has 598 valence electrons. The number of halogens is 4. The smallest absolute Gasteiger partial charge is 0.302 e. The summed E-state index contributed by atoms with van der Waals surface area (Å²) in [7, 11) is 11.7. The number of carbonyl (C=O) groups excluding carboxylic acids is 2. The van der Waals surface area contributed by atoms with Crippen LogP contribution in [-0.2, 0) is 61.8 Å². The van der Waals surface area contributed by atoms with E-state index in [4.69, 9.17) is 45.3 Å². The molecule has 0 radical (unpaired) electrons. The molecule has 0 aliphatic carbocycles. The van der Waals surface area contributed by atoms with Gasteiger partial charge in [-0.3, -0.25) is 43.6 Å². The predicted molar refractivity (Wildman–Crippen MR) is 443 cm³/mol. The number of aldehydes is 1. The van der Waals surface area contributed by atoms with Gasteiger partial charge in [0.05, 0.1) is 23.0 Å². The van der Waals surface area contributed by atoms with Crippen molar-refractivity contribution in [3.63, 3.8) is 0 Å². The van der Waals surface area contributed by atoms with E-state index in [1.165, 1.54) is 59.0 Å². The van der Waals surface area contributed by atoms with Crippen molar-refractivity contribution < 1.29 is 18.7 Å². The molecule has 12 heterocycles. The van der Waals surface area contributed by atoms with Crippen LogP contribution in [-0.4, -0.2) is 239 Å². The average Bonchev–Trinajstić information content (AvgIpc) is 0.753. The summed E-state index contributed by atoms with van der Waals surface area (Å²) in [5.41, 5.74) is 12.0. The quantitative estimate of drug-likeness (QED) is 0.0434. The van der Waals surface area contributed by atoms with E-state index in [-0.39, 0.29) is 45.1 Å².